The first kappa shape index (κ1) is 25.7. The number of carbonyl (C=O) groups excluding carboxylic acids is 4. The van der Waals surface area contributed by atoms with Crippen LogP contribution in [0.4, 0.5) is 0 Å². The van der Waals surface area contributed by atoms with Gasteiger partial charge < -0.3 is 19.5 Å². The van der Waals surface area contributed by atoms with Gasteiger partial charge >= 0.3 is 5.97 Å². The van der Waals surface area contributed by atoms with E-state index < -0.39 is 21.8 Å². The molecule has 1 aliphatic rings. The molecule has 1 fully saturated rings. The van der Waals surface area contributed by atoms with Crippen LogP contribution in [0.25, 0.3) is 0 Å². The highest BCUT2D eigenvalue weighted by Crippen LogP contribution is 2.21. The van der Waals surface area contributed by atoms with Crippen molar-refractivity contribution < 1.29 is 33.4 Å². The van der Waals surface area contributed by atoms with Gasteiger partial charge in [0.2, 0.25) is 17.7 Å². The lowest BCUT2D eigenvalue weighted by Gasteiger charge is -2.32. The standard InChI is InChI=1S/C18H30N2O7S2/c1-12(21)25-7-5-14(22)19-10-17(2,3)27-11-18(4,29)26-8-6-20-15(23)9-13(28)16(20)24/h13,28-29H,5-11H2,1-4H3,(H,19,22). The van der Waals surface area contributed by atoms with Gasteiger partial charge in [0.25, 0.3) is 0 Å². The Morgan fingerprint density at radius 2 is 1.86 bits per heavy atom. The number of nitrogens with one attached hydrogen (secondary N) is 1. The van der Waals surface area contributed by atoms with Crippen LogP contribution in [0.1, 0.15) is 40.5 Å². The van der Waals surface area contributed by atoms with Crippen LogP contribution in [-0.4, -0.2) is 77.3 Å². The Balaban J connectivity index is 2.31. The summed E-state index contributed by atoms with van der Waals surface area (Å²) in [4.78, 5) is 46.2. The lowest BCUT2D eigenvalue weighted by atomic mass is 10.1. The Kier molecular flexibility index (Phi) is 9.93. The van der Waals surface area contributed by atoms with Gasteiger partial charge in [0, 0.05) is 19.9 Å². The topological polar surface area (TPSA) is 111 Å². The fraction of sp³-hybridized carbons (Fsp3) is 0.778. The van der Waals surface area contributed by atoms with Crippen molar-refractivity contribution >= 4 is 48.9 Å². The lowest BCUT2D eigenvalue weighted by molar-refractivity contribution is -0.143. The maximum Gasteiger partial charge on any atom is 0.302 e. The molecule has 0 spiro atoms. The van der Waals surface area contributed by atoms with Crippen LogP contribution in [0.5, 0.6) is 0 Å². The van der Waals surface area contributed by atoms with E-state index in [1.165, 1.54) is 6.92 Å². The fourth-order valence-corrected chi connectivity index (χ4v) is 2.82. The molecule has 166 valence electrons. The van der Waals surface area contributed by atoms with Gasteiger partial charge in [-0.2, -0.15) is 12.6 Å². The molecule has 3 amide bonds. The maximum atomic E-state index is 11.8. The number of thiol groups is 2. The van der Waals surface area contributed by atoms with Crippen molar-refractivity contribution in [3.8, 4) is 0 Å². The van der Waals surface area contributed by atoms with Crippen LogP contribution < -0.4 is 5.32 Å². The summed E-state index contributed by atoms with van der Waals surface area (Å²) >= 11 is 8.50. The van der Waals surface area contributed by atoms with E-state index in [4.69, 9.17) is 14.2 Å². The molecule has 1 heterocycles. The highest BCUT2D eigenvalue weighted by Gasteiger charge is 2.36. The molecule has 0 aromatic heterocycles. The molecule has 2 unspecified atom stereocenters. The smallest absolute Gasteiger partial charge is 0.302 e. The van der Waals surface area contributed by atoms with Crippen LogP contribution >= 0.6 is 25.3 Å². The molecular weight excluding hydrogens is 420 g/mol. The lowest BCUT2D eigenvalue weighted by Crippen LogP contribution is -2.44. The van der Waals surface area contributed by atoms with Crippen LogP contribution in [0, 0.1) is 0 Å². The minimum absolute atomic E-state index is 0.0288. The van der Waals surface area contributed by atoms with Crippen molar-refractivity contribution in [3.63, 3.8) is 0 Å². The molecule has 0 radical (unpaired) electrons. The van der Waals surface area contributed by atoms with Gasteiger partial charge in [0.15, 0.2) is 0 Å². The summed E-state index contributed by atoms with van der Waals surface area (Å²) in [6.45, 7) is 7.24. The number of rotatable bonds is 12. The molecule has 0 bridgehead atoms. The number of hydrogen-bond acceptors (Lipinski definition) is 9. The second-order valence-electron chi connectivity index (χ2n) is 7.54. The highest BCUT2D eigenvalue weighted by atomic mass is 32.1. The van der Waals surface area contributed by atoms with Crippen LogP contribution in [0.15, 0.2) is 0 Å². The Morgan fingerprint density at radius 3 is 2.41 bits per heavy atom. The predicted octanol–water partition coefficient (Wildman–Crippen LogP) is 0.571. The van der Waals surface area contributed by atoms with E-state index in [-0.39, 0.29) is 63.5 Å². The number of nitrogens with zero attached hydrogens (tertiary/aromatic N) is 1. The van der Waals surface area contributed by atoms with Gasteiger partial charge in [-0.25, -0.2) is 0 Å². The van der Waals surface area contributed by atoms with E-state index in [0.29, 0.717) is 0 Å². The number of carbonyl (C=O) groups is 4. The van der Waals surface area contributed by atoms with Gasteiger partial charge in [-0.3, -0.25) is 24.1 Å². The maximum absolute atomic E-state index is 11.8. The summed E-state index contributed by atoms with van der Waals surface area (Å²) in [5.41, 5.74) is -0.690. The van der Waals surface area contributed by atoms with Gasteiger partial charge in [0.05, 0.1) is 37.0 Å². The number of imide groups is 1. The van der Waals surface area contributed by atoms with E-state index in [9.17, 15) is 19.2 Å². The SMILES string of the molecule is CC(=O)OCCC(=O)NCC(C)(C)OCC(C)(S)OCCN1C(=O)CC(S)C1=O. The Labute approximate surface area is 182 Å². The first-order valence-corrected chi connectivity index (χ1v) is 10.2. The summed E-state index contributed by atoms with van der Waals surface area (Å²) in [7, 11) is 0. The van der Waals surface area contributed by atoms with Crippen molar-refractivity contribution in [1.29, 1.82) is 0 Å². The van der Waals surface area contributed by atoms with E-state index in [2.05, 4.69) is 30.6 Å². The molecule has 1 rings (SSSR count). The molecular formula is C18H30N2O7S2. The third-order valence-electron chi connectivity index (χ3n) is 4.02. The Hall–Kier alpha value is -1.30. The third-order valence-corrected chi connectivity index (χ3v) is 4.69. The van der Waals surface area contributed by atoms with E-state index >= 15 is 0 Å². The van der Waals surface area contributed by atoms with Crippen molar-refractivity contribution in [2.45, 2.75) is 56.3 Å². The van der Waals surface area contributed by atoms with Gasteiger partial charge in [-0.15, -0.1) is 12.6 Å². The quantitative estimate of drug-likeness (QED) is 0.173. The zero-order valence-electron chi connectivity index (χ0n) is 17.2. The minimum Gasteiger partial charge on any atom is -0.465 e. The van der Waals surface area contributed by atoms with Crippen LogP contribution in [0.2, 0.25) is 0 Å². The highest BCUT2D eigenvalue weighted by molar-refractivity contribution is 7.82. The summed E-state index contributed by atoms with van der Waals surface area (Å²) < 4.78 is 16.2. The Morgan fingerprint density at radius 1 is 1.21 bits per heavy atom. The van der Waals surface area contributed by atoms with Crippen molar-refractivity contribution in [3.05, 3.63) is 0 Å². The van der Waals surface area contributed by atoms with Gasteiger partial charge in [-0.05, 0) is 20.8 Å². The largest absolute Gasteiger partial charge is 0.465 e. The minimum atomic E-state index is -0.956. The van der Waals surface area contributed by atoms with E-state index in [0.717, 1.165) is 4.90 Å². The number of ether oxygens (including phenoxy) is 3. The molecule has 11 heteroatoms. The molecule has 29 heavy (non-hydrogen) atoms. The first-order chi connectivity index (χ1) is 13.3. The predicted molar refractivity (Wildman–Crippen MR) is 112 cm³/mol. The summed E-state index contributed by atoms with van der Waals surface area (Å²) in [6, 6.07) is 0. The second-order valence-corrected chi connectivity index (χ2v) is 9.11. The van der Waals surface area contributed by atoms with E-state index in [1.54, 1.807) is 20.8 Å². The average molecular weight is 451 g/mol. The molecule has 0 aliphatic carbocycles. The zero-order chi connectivity index (χ0) is 22.2. The molecule has 0 aromatic rings. The first-order valence-electron chi connectivity index (χ1n) is 9.25. The monoisotopic (exact) mass is 450 g/mol. The molecule has 1 aliphatic heterocycles. The number of hydrogen-bond donors (Lipinski definition) is 3. The third kappa shape index (κ3) is 9.83. The Bertz CT molecular complexity index is 625. The molecule has 0 saturated carbocycles. The summed E-state index contributed by atoms with van der Waals surface area (Å²) in [6.07, 6.45) is 0.175. The van der Waals surface area contributed by atoms with E-state index in [1.807, 2.05) is 0 Å². The molecule has 1 N–H and O–H groups in total. The number of amides is 3. The van der Waals surface area contributed by atoms with Crippen molar-refractivity contribution in [1.82, 2.24) is 10.2 Å². The van der Waals surface area contributed by atoms with Gasteiger partial charge in [0.1, 0.15) is 11.5 Å². The fourth-order valence-electron chi connectivity index (χ4n) is 2.37. The molecule has 9 nitrogen and oxygen atoms in total. The number of esters is 1. The molecule has 1 saturated heterocycles. The zero-order valence-corrected chi connectivity index (χ0v) is 19.0. The second kappa shape index (κ2) is 11.2. The molecule has 2 atom stereocenters. The van der Waals surface area contributed by atoms with Crippen LogP contribution in [0.3, 0.4) is 0 Å². The van der Waals surface area contributed by atoms with Crippen molar-refractivity contribution in [2.75, 3.05) is 32.9 Å². The molecule has 0 aromatic carbocycles. The summed E-state index contributed by atoms with van der Waals surface area (Å²) in [5.74, 6) is -1.26. The van der Waals surface area contributed by atoms with Crippen LogP contribution in [-0.2, 0) is 33.4 Å². The van der Waals surface area contributed by atoms with Crippen molar-refractivity contribution in [2.24, 2.45) is 0 Å². The van der Waals surface area contributed by atoms with Gasteiger partial charge in [-0.1, -0.05) is 0 Å². The average Bonchev–Trinajstić information content (AvgIpc) is 2.84. The summed E-state index contributed by atoms with van der Waals surface area (Å²) in [5, 5.41) is 2.13. The number of likely N-dealkylation sites (tertiary alicyclic amines) is 1. The normalized spacial score (nSPS) is 19.2.